The summed E-state index contributed by atoms with van der Waals surface area (Å²) in [6.45, 7) is 6.10. The molecule has 0 unspecified atom stereocenters. The molecular formula is C29H29F. The molecular weight excluding hydrogens is 367 g/mol. The zero-order valence-corrected chi connectivity index (χ0v) is 17.8. The van der Waals surface area contributed by atoms with E-state index in [2.05, 4.69) is 49.6 Å². The molecule has 0 bridgehead atoms. The van der Waals surface area contributed by atoms with Crippen molar-refractivity contribution in [3.05, 3.63) is 95.3 Å². The first kappa shape index (κ1) is 20.4. The maximum absolute atomic E-state index is 15.1. The molecule has 0 nitrogen and oxygen atoms in total. The first-order chi connectivity index (χ1) is 14.6. The van der Waals surface area contributed by atoms with Crippen molar-refractivity contribution >= 4 is 10.8 Å². The zero-order valence-electron chi connectivity index (χ0n) is 17.8. The van der Waals surface area contributed by atoms with Gasteiger partial charge in [0.15, 0.2) is 0 Å². The minimum absolute atomic E-state index is 0.216. The van der Waals surface area contributed by atoms with Crippen LogP contribution in [0.3, 0.4) is 0 Å². The van der Waals surface area contributed by atoms with Crippen molar-refractivity contribution in [3.8, 4) is 11.8 Å². The van der Waals surface area contributed by atoms with Gasteiger partial charge in [0.2, 0.25) is 0 Å². The number of benzene rings is 3. The SMILES string of the molecule is C=CCCc1ccc(C#Cc2ccc3cc(C4CCC(C)CC4)ccc3c2F)cc1. The lowest BCUT2D eigenvalue weighted by molar-refractivity contribution is 0.348. The summed E-state index contributed by atoms with van der Waals surface area (Å²) in [4.78, 5) is 0. The first-order valence-corrected chi connectivity index (χ1v) is 11.1. The molecule has 30 heavy (non-hydrogen) atoms. The summed E-state index contributed by atoms with van der Waals surface area (Å²) < 4.78 is 15.1. The van der Waals surface area contributed by atoms with Gasteiger partial charge in [-0.05, 0) is 72.2 Å². The van der Waals surface area contributed by atoms with Crippen molar-refractivity contribution in [2.45, 2.75) is 51.4 Å². The molecule has 0 N–H and O–H groups in total. The molecule has 0 saturated heterocycles. The van der Waals surface area contributed by atoms with E-state index in [-0.39, 0.29) is 5.82 Å². The number of hydrogen-bond donors (Lipinski definition) is 0. The van der Waals surface area contributed by atoms with Crippen LogP contribution in [-0.4, -0.2) is 0 Å². The third-order valence-corrected chi connectivity index (χ3v) is 6.40. The number of fused-ring (bicyclic) bond motifs is 1. The lowest BCUT2D eigenvalue weighted by atomic mass is 9.79. The van der Waals surface area contributed by atoms with Gasteiger partial charge in [-0.15, -0.1) is 6.58 Å². The Balaban J connectivity index is 1.54. The second-order valence-electron chi connectivity index (χ2n) is 8.64. The highest BCUT2D eigenvalue weighted by molar-refractivity contribution is 5.85. The van der Waals surface area contributed by atoms with Crippen molar-refractivity contribution in [1.29, 1.82) is 0 Å². The topological polar surface area (TPSA) is 0 Å². The Bertz CT molecular complexity index is 1090. The number of allylic oxidation sites excluding steroid dienone is 1. The monoisotopic (exact) mass is 396 g/mol. The molecule has 4 rings (SSSR count). The van der Waals surface area contributed by atoms with E-state index in [1.807, 2.05) is 36.4 Å². The van der Waals surface area contributed by atoms with Gasteiger partial charge in [0.05, 0.1) is 5.56 Å². The van der Waals surface area contributed by atoms with Crippen LogP contribution in [0.4, 0.5) is 4.39 Å². The maximum Gasteiger partial charge on any atom is 0.146 e. The summed E-state index contributed by atoms with van der Waals surface area (Å²) in [6, 6.07) is 18.2. The molecule has 0 aromatic heterocycles. The fourth-order valence-corrected chi connectivity index (χ4v) is 4.42. The molecule has 3 aromatic carbocycles. The normalized spacial score (nSPS) is 18.6. The second-order valence-corrected chi connectivity index (χ2v) is 8.64. The van der Waals surface area contributed by atoms with E-state index in [0.717, 1.165) is 29.7 Å². The standard InChI is InChI=1S/C29H29F/c1-3-4-5-22-8-10-23(11-9-22)12-15-25-16-17-27-20-26(18-19-28(27)29(25)30)24-13-6-21(2)7-14-24/h3,8-11,16-21,24H,1,4-7,13-14H2,2H3. The third kappa shape index (κ3) is 4.65. The van der Waals surface area contributed by atoms with Gasteiger partial charge in [0.1, 0.15) is 5.82 Å². The predicted octanol–water partition coefficient (Wildman–Crippen LogP) is 7.79. The highest BCUT2D eigenvalue weighted by Gasteiger charge is 2.20. The molecule has 0 heterocycles. The highest BCUT2D eigenvalue weighted by Crippen LogP contribution is 2.36. The smallest absolute Gasteiger partial charge is 0.146 e. The Morgan fingerprint density at radius 3 is 2.47 bits per heavy atom. The van der Waals surface area contributed by atoms with Gasteiger partial charge in [0.25, 0.3) is 0 Å². The van der Waals surface area contributed by atoms with Crippen molar-refractivity contribution in [3.63, 3.8) is 0 Å². The Morgan fingerprint density at radius 1 is 0.967 bits per heavy atom. The van der Waals surface area contributed by atoms with Crippen LogP contribution in [0, 0.1) is 23.6 Å². The molecule has 0 atom stereocenters. The minimum atomic E-state index is -0.216. The summed E-state index contributed by atoms with van der Waals surface area (Å²) in [5, 5.41) is 1.63. The number of rotatable bonds is 4. The van der Waals surface area contributed by atoms with Crippen LogP contribution >= 0.6 is 0 Å². The van der Waals surface area contributed by atoms with E-state index in [1.165, 1.54) is 36.8 Å². The molecule has 1 heteroatoms. The molecule has 0 amide bonds. The fourth-order valence-electron chi connectivity index (χ4n) is 4.42. The summed E-state index contributed by atoms with van der Waals surface area (Å²) in [6.07, 6.45) is 8.94. The lowest BCUT2D eigenvalue weighted by Gasteiger charge is -2.26. The van der Waals surface area contributed by atoms with Gasteiger partial charge in [-0.25, -0.2) is 4.39 Å². The van der Waals surface area contributed by atoms with Crippen molar-refractivity contribution in [2.75, 3.05) is 0 Å². The van der Waals surface area contributed by atoms with Crippen molar-refractivity contribution in [1.82, 2.24) is 0 Å². The van der Waals surface area contributed by atoms with Crippen LogP contribution in [0.25, 0.3) is 10.8 Å². The lowest BCUT2D eigenvalue weighted by Crippen LogP contribution is -2.10. The summed E-state index contributed by atoms with van der Waals surface area (Å²) in [5.41, 5.74) is 3.97. The Labute approximate surface area is 179 Å². The first-order valence-electron chi connectivity index (χ1n) is 11.1. The summed E-state index contributed by atoms with van der Waals surface area (Å²) >= 11 is 0. The molecule has 1 fully saturated rings. The maximum atomic E-state index is 15.1. The average Bonchev–Trinajstić information content (AvgIpc) is 2.78. The highest BCUT2D eigenvalue weighted by atomic mass is 19.1. The van der Waals surface area contributed by atoms with E-state index in [0.29, 0.717) is 16.9 Å². The fraction of sp³-hybridized carbons (Fsp3) is 0.310. The van der Waals surface area contributed by atoms with E-state index >= 15 is 4.39 Å². The predicted molar refractivity (Wildman–Crippen MR) is 125 cm³/mol. The van der Waals surface area contributed by atoms with Gasteiger partial charge in [0, 0.05) is 10.9 Å². The van der Waals surface area contributed by atoms with E-state index in [1.54, 1.807) is 0 Å². The van der Waals surface area contributed by atoms with Gasteiger partial charge >= 0.3 is 0 Å². The van der Waals surface area contributed by atoms with Gasteiger partial charge in [-0.2, -0.15) is 0 Å². The largest absolute Gasteiger partial charge is 0.205 e. The van der Waals surface area contributed by atoms with Gasteiger partial charge < -0.3 is 0 Å². The summed E-state index contributed by atoms with van der Waals surface area (Å²) in [7, 11) is 0. The third-order valence-electron chi connectivity index (χ3n) is 6.40. The van der Waals surface area contributed by atoms with Crippen LogP contribution in [0.5, 0.6) is 0 Å². The molecule has 0 spiro atoms. The number of halogens is 1. The minimum Gasteiger partial charge on any atom is -0.205 e. The van der Waals surface area contributed by atoms with Crippen molar-refractivity contribution < 1.29 is 4.39 Å². The average molecular weight is 397 g/mol. The molecule has 0 radical (unpaired) electrons. The molecule has 3 aromatic rings. The van der Waals surface area contributed by atoms with Crippen LogP contribution in [0.2, 0.25) is 0 Å². The van der Waals surface area contributed by atoms with E-state index in [4.69, 9.17) is 0 Å². The number of hydrogen-bond acceptors (Lipinski definition) is 0. The van der Waals surface area contributed by atoms with Crippen LogP contribution in [-0.2, 0) is 6.42 Å². The zero-order chi connectivity index (χ0) is 20.9. The molecule has 1 saturated carbocycles. The quantitative estimate of drug-likeness (QED) is 0.312. The van der Waals surface area contributed by atoms with Gasteiger partial charge in [-0.1, -0.05) is 74.1 Å². The Kier molecular flexibility index (Phi) is 6.34. The molecule has 152 valence electrons. The van der Waals surface area contributed by atoms with Crippen LogP contribution in [0.15, 0.2) is 67.3 Å². The summed E-state index contributed by atoms with van der Waals surface area (Å²) in [5.74, 6) is 7.37. The van der Waals surface area contributed by atoms with Crippen LogP contribution in [0.1, 0.15) is 67.2 Å². The van der Waals surface area contributed by atoms with E-state index < -0.39 is 0 Å². The van der Waals surface area contributed by atoms with Crippen LogP contribution < -0.4 is 0 Å². The Morgan fingerprint density at radius 2 is 1.73 bits per heavy atom. The molecule has 1 aliphatic rings. The van der Waals surface area contributed by atoms with Crippen molar-refractivity contribution in [2.24, 2.45) is 5.92 Å². The number of aryl methyl sites for hydroxylation is 1. The van der Waals surface area contributed by atoms with E-state index in [9.17, 15) is 0 Å². The molecule has 1 aliphatic carbocycles. The Hall–Kier alpha value is -2.85. The van der Waals surface area contributed by atoms with Gasteiger partial charge in [-0.3, -0.25) is 0 Å². The second kappa shape index (κ2) is 9.31. The molecule has 0 aliphatic heterocycles.